The van der Waals surface area contributed by atoms with Crippen molar-refractivity contribution in [3.05, 3.63) is 71.3 Å². The number of rotatable bonds is 2. The van der Waals surface area contributed by atoms with Gasteiger partial charge in [0.2, 0.25) is 0 Å². The third-order valence-corrected chi connectivity index (χ3v) is 3.98. The Morgan fingerprint density at radius 2 is 1.70 bits per heavy atom. The van der Waals surface area contributed by atoms with Crippen molar-refractivity contribution >= 4 is 11.1 Å². The smallest absolute Gasteiger partial charge is 0.0103 e. The zero-order chi connectivity index (χ0) is 14.5. The highest BCUT2D eigenvalue weighted by Gasteiger charge is 2.26. The van der Waals surface area contributed by atoms with E-state index in [9.17, 15) is 0 Å². The molecule has 0 bridgehead atoms. The fourth-order valence-corrected chi connectivity index (χ4v) is 2.86. The van der Waals surface area contributed by atoms with Gasteiger partial charge in [0.25, 0.3) is 0 Å². The second kappa shape index (κ2) is 6.56. The molecule has 0 nitrogen and oxygen atoms in total. The van der Waals surface area contributed by atoms with E-state index in [0.717, 1.165) is 0 Å². The molecule has 0 radical (unpaired) electrons. The van der Waals surface area contributed by atoms with E-state index in [1.165, 1.54) is 47.1 Å². The van der Waals surface area contributed by atoms with Crippen molar-refractivity contribution in [1.82, 2.24) is 0 Å². The Kier molecular flexibility index (Phi) is 4.79. The lowest BCUT2D eigenvalue weighted by Gasteiger charge is -2.21. The Hall–Kier alpha value is -1.82. The van der Waals surface area contributed by atoms with Crippen LogP contribution >= 0.6 is 0 Å². The topological polar surface area (TPSA) is 0 Å². The van der Waals surface area contributed by atoms with Crippen LogP contribution in [0.25, 0.3) is 11.1 Å². The van der Waals surface area contributed by atoms with E-state index >= 15 is 0 Å². The van der Waals surface area contributed by atoms with Crippen LogP contribution in [0, 0.1) is 0 Å². The fourth-order valence-electron chi connectivity index (χ4n) is 2.86. The van der Waals surface area contributed by atoms with Crippen molar-refractivity contribution in [2.75, 3.05) is 0 Å². The third kappa shape index (κ3) is 2.43. The summed E-state index contributed by atoms with van der Waals surface area (Å²) in [4.78, 5) is 0. The summed E-state index contributed by atoms with van der Waals surface area (Å²) in [5.41, 5.74) is 8.74. The van der Waals surface area contributed by atoms with Gasteiger partial charge in [0.1, 0.15) is 0 Å². The molecule has 0 aliphatic heterocycles. The Bertz CT molecular complexity index is 588. The minimum atomic E-state index is 1.27. The number of fused-ring (bicyclic) bond motifs is 1. The molecular weight excluding hydrogens is 240 g/mol. The first kappa shape index (κ1) is 14.6. The predicted octanol–water partition coefficient (Wildman–Crippen LogP) is 6.18. The lowest BCUT2D eigenvalue weighted by atomic mass is 9.83. The highest BCUT2D eigenvalue weighted by Crippen LogP contribution is 2.47. The molecule has 0 amide bonds. The van der Waals surface area contributed by atoms with E-state index in [2.05, 4.69) is 43.8 Å². The molecule has 0 atom stereocenters. The fraction of sp³-hybridized carbons (Fsp3) is 0.300. The molecule has 0 spiro atoms. The summed E-state index contributed by atoms with van der Waals surface area (Å²) in [5.74, 6) is 0. The number of hydrogen-bond acceptors (Lipinski definition) is 0. The predicted molar refractivity (Wildman–Crippen MR) is 90.5 cm³/mol. The van der Waals surface area contributed by atoms with Crippen LogP contribution < -0.4 is 0 Å². The molecule has 3 rings (SSSR count). The van der Waals surface area contributed by atoms with Crippen LogP contribution in [0.1, 0.15) is 51.2 Å². The molecule has 1 aromatic carbocycles. The molecule has 1 saturated carbocycles. The van der Waals surface area contributed by atoms with Gasteiger partial charge >= 0.3 is 0 Å². The van der Waals surface area contributed by atoms with E-state index in [4.69, 9.17) is 0 Å². The van der Waals surface area contributed by atoms with Crippen molar-refractivity contribution < 1.29 is 0 Å². The molecular formula is C20H24. The highest BCUT2D eigenvalue weighted by atomic mass is 14.3. The molecule has 0 heteroatoms. The van der Waals surface area contributed by atoms with Crippen LogP contribution in [0.15, 0.2) is 60.2 Å². The number of hydrogen-bond donors (Lipinski definition) is 0. The average Bonchev–Trinajstić information content (AvgIpc) is 2.71. The molecule has 1 aromatic rings. The first-order valence-electron chi connectivity index (χ1n) is 7.65. The summed E-state index contributed by atoms with van der Waals surface area (Å²) in [5, 5.41) is 0. The van der Waals surface area contributed by atoms with E-state index in [1.807, 2.05) is 26.0 Å². The van der Waals surface area contributed by atoms with Gasteiger partial charge in [0.05, 0.1) is 0 Å². The Balaban J connectivity index is 0.000000704. The van der Waals surface area contributed by atoms with Crippen LogP contribution in [0.2, 0.25) is 0 Å². The van der Waals surface area contributed by atoms with Crippen LogP contribution in [-0.4, -0.2) is 0 Å². The van der Waals surface area contributed by atoms with Gasteiger partial charge in [-0.05, 0) is 54.0 Å². The first-order valence-corrected chi connectivity index (χ1v) is 7.65. The summed E-state index contributed by atoms with van der Waals surface area (Å²) >= 11 is 0. The molecule has 2 aliphatic carbocycles. The molecule has 104 valence electrons. The van der Waals surface area contributed by atoms with Gasteiger partial charge < -0.3 is 0 Å². The minimum Gasteiger partial charge on any atom is -0.0991 e. The molecule has 2 aliphatic rings. The van der Waals surface area contributed by atoms with Crippen LogP contribution in [0.3, 0.4) is 0 Å². The molecule has 0 N–H and O–H groups in total. The maximum Gasteiger partial charge on any atom is -0.0103 e. The van der Waals surface area contributed by atoms with Crippen LogP contribution in [-0.2, 0) is 0 Å². The monoisotopic (exact) mass is 264 g/mol. The minimum absolute atomic E-state index is 1.27. The number of benzene rings is 1. The molecule has 0 saturated heterocycles. The van der Waals surface area contributed by atoms with Crippen molar-refractivity contribution in [2.24, 2.45) is 0 Å². The maximum atomic E-state index is 3.77. The molecule has 0 aromatic heterocycles. The molecule has 1 fully saturated rings. The second-order valence-electron chi connectivity index (χ2n) is 5.01. The number of allylic oxidation sites excluding steroid dienone is 7. The van der Waals surface area contributed by atoms with E-state index < -0.39 is 0 Å². The average molecular weight is 264 g/mol. The maximum absolute atomic E-state index is 3.77. The van der Waals surface area contributed by atoms with Gasteiger partial charge in [-0.1, -0.05) is 68.5 Å². The Morgan fingerprint density at radius 3 is 2.25 bits per heavy atom. The van der Waals surface area contributed by atoms with Crippen molar-refractivity contribution in [2.45, 2.75) is 40.0 Å². The molecule has 0 unspecified atom stereocenters. The standard InChI is InChI=1S/C18H18.C2H6/c1-3-4-10-16-13(2)15-11-5-6-12-17(15)18(16)14-8-7-9-14;1-2/h3-6,10-12H,1,7-9H2,2H3;1-2H3/b10-4-;. The van der Waals surface area contributed by atoms with E-state index in [1.54, 1.807) is 5.57 Å². The van der Waals surface area contributed by atoms with Gasteiger partial charge in [0, 0.05) is 0 Å². The van der Waals surface area contributed by atoms with Gasteiger partial charge in [0.15, 0.2) is 0 Å². The van der Waals surface area contributed by atoms with E-state index in [-0.39, 0.29) is 0 Å². The summed E-state index contributed by atoms with van der Waals surface area (Å²) < 4.78 is 0. The largest absolute Gasteiger partial charge is 0.0991 e. The normalized spacial score (nSPS) is 16.8. The van der Waals surface area contributed by atoms with Gasteiger partial charge in [-0.2, -0.15) is 0 Å². The second-order valence-corrected chi connectivity index (χ2v) is 5.01. The van der Waals surface area contributed by atoms with Crippen LogP contribution in [0.5, 0.6) is 0 Å². The Morgan fingerprint density at radius 1 is 1.05 bits per heavy atom. The van der Waals surface area contributed by atoms with Crippen LogP contribution in [0.4, 0.5) is 0 Å². The third-order valence-electron chi connectivity index (χ3n) is 3.98. The molecule has 0 heterocycles. The zero-order valence-corrected chi connectivity index (χ0v) is 12.9. The van der Waals surface area contributed by atoms with E-state index in [0.29, 0.717) is 0 Å². The summed E-state index contributed by atoms with van der Waals surface area (Å²) in [7, 11) is 0. The van der Waals surface area contributed by atoms with Gasteiger partial charge in [-0.15, -0.1) is 0 Å². The van der Waals surface area contributed by atoms with Crippen molar-refractivity contribution in [1.29, 1.82) is 0 Å². The summed E-state index contributed by atoms with van der Waals surface area (Å²) in [6, 6.07) is 8.77. The lowest BCUT2D eigenvalue weighted by Crippen LogP contribution is -2.01. The van der Waals surface area contributed by atoms with Gasteiger partial charge in [-0.3, -0.25) is 0 Å². The molecule has 20 heavy (non-hydrogen) atoms. The summed E-state index contributed by atoms with van der Waals surface area (Å²) in [6.07, 6.45) is 9.99. The zero-order valence-electron chi connectivity index (χ0n) is 12.9. The summed E-state index contributed by atoms with van der Waals surface area (Å²) in [6.45, 7) is 10.0. The van der Waals surface area contributed by atoms with Crippen molar-refractivity contribution in [3.8, 4) is 0 Å². The quantitative estimate of drug-likeness (QED) is 0.559. The van der Waals surface area contributed by atoms with Crippen molar-refractivity contribution in [3.63, 3.8) is 0 Å². The van der Waals surface area contributed by atoms with Gasteiger partial charge in [-0.25, -0.2) is 0 Å². The SMILES string of the molecule is C=C/C=C\C1=C(C)c2ccccc2C1=C1CCC1.CC. The first-order chi connectivity index (χ1) is 9.83. The lowest BCUT2D eigenvalue weighted by molar-refractivity contribution is 0.666. The Labute approximate surface area is 123 Å². The highest BCUT2D eigenvalue weighted by molar-refractivity contribution is 6.02.